The molecule has 2 rings (SSSR count). The third-order valence-electron chi connectivity index (χ3n) is 3.15. The lowest BCUT2D eigenvalue weighted by molar-refractivity contribution is -0.118. The molecule has 0 aliphatic carbocycles. The predicted molar refractivity (Wildman–Crippen MR) is 81.6 cm³/mol. The molecule has 1 fully saturated rings. The summed E-state index contributed by atoms with van der Waals surface area (Å²) in [4.78, 5) is 25.8. The Hall–Kier alpha value is -2.17. The number of rotatable bonds is 1. The molecule has 4 nitrogen and oxygen atoms in total. The van der Waals surface area contributed by atoms with Crippen LogP contribution >= 0.6 is 0 Å². The molecule has 0 spiro atoms. The standard InChI is InChI=1S/C17H20FNO3/c1-17(2,3)22-16(21)19-10-4-5-15(20)14(19)11-12-6-8-13(18)9-7-12/h6-9,11H,4-5,10H2,1-3H3/b14-11-. The van der Waals surface area contributed by atoms with Gasteiger partial charge in [-0.25, -0.2) is 9.18 Å². The summed E-state index contributed by atoms with van der Waals surface area (Å²) in [6.07, 6.45) is 2.07. The lowest BCUT2D eigenvalue weighted by Gasteiger charge is -2.31. The molecule has 0 atom stereocenters. The van der Waals surface area contributed by atoms with E-state index in [9.17, 15) is 14.0 Å². The van der Waals surface area contributed by atoms with Gasteiger partial charge in [0.25, 0.3) is 0 Å². The first-order valence-electron chi connectivity index (χ1n) is 7.27. The van der Waals surface area contributed by atoms with Crippen LogP contribution in [0.15, 0.2) is 30.0 Å². The fourth-order valence-corrected chi connectivity index (χ4v) is 2.18. The largest absolute Gasteiger partial charge is 0.443 e. The van der Waals surface area contributed by atoms with Gasteiger partial charge in [0.2, 0.25) is 0 Å². The summed E-state index contributed by atoms with van der Waals surface area (Å²) in [6.45, 7) is 5.77. The Kier molecular flexibility index (Phi) is 4.64. The second-order valence-electron chi connectivity index (χ2n) is 6.24. The number of nitrogens with zero attached hydrogens (tertiary/aromatic N) is 1. The van der Waals surface area contributed by atoms with E-state index < -0.39 is 11.7 Å². The third-order valence-corrected chi connectivity index (χ3v) is 3.15. The fourth-order valence-electron chi connectivity index (χ4n) is 2.18. The fraction of sp³-hybridized carbons (Fsp3) is 0.412. The van der Waals surface area contributed by atoms with Crippen LogP contribution in [0.25, 0.3) is 6.08 Å². The van der Waals surface area contributed by atoms with Crippen molar-refractivity contribution < 1.29 is 18.7 Å². The number of hydrogen-bond donors (Lipinski definition) is 0. The van der Waals surface area contributed by atoms with Crippen molar-refractivity contribution in [3.63, 3.8) is 0 Å². The number of hydrogen-bond acceptors (Lipinski definition) is 3. The van der Waals surface area contributed by atoms with Crippen LogP contribution in [-0.2, 0) is 9.53 Å². The average molecular weight is 305 g/mol. The topological polar surface area (TPSA) is 46.6 Å². The summed E-state index contributed by atoms with van der Waals surface area (Å²) < 4.78 is 18.3. The first kappa shape index (κ1) is 16.2. The van der Waals surface area contributed by atoms with E-state index in [0.29, 0.717) is 30.6 Å². The molecule has 22 heavy (non-hydrogen) atoms. The molecule has 5 heteroatoms. The van der Waals surface area contributed by atoms with Crippen molar-refractivity contribution in [3.8, 4) is 0 Å². The first-order chi connectivity index (χ1) is 10.3. The number of likely N-dealkylation sites (tertiary alicyclic amines) is 1. The van der Waals surface area contributed by atoms with Crippen LogP contribution in [-0.4, -0.2) is 28.9 Å². The van der Waals surface area contributed by atoms with Crippen molar-refractivity contribution in [3.05, 3.63) is 41.3 Å². The minimum atomic E-state index is -0.626. The zero-order valence-electron chi connectivity index (χ0n) is 13.1. The van der Waals surface area contributed by atoms with E-state index in [-0.39, 0.29) is 11.6 Å². The van der Waals surface area contributed by atoms with E-state index in [0.717, 1.165) is 0 Å². The van der Waals surface area contributed by atoms with Gasteiger partial charge in [-0.05, 0) is 51.0 Å². The van der Waals surface area contributed by atoms with Gasteiger partial charge in [-0.3, -0.25) is 9.69 Å². The number of halogens is 1. The molecule has 1 saturated heterocycles. The zero-order chi connectivity index (χ0) is 16.3. The van der Waals surface area contributed by atoms with Crippen molar-refractivity contribution >= 4 is 18.0 Å². The van der Waals surface area contributed by atoms with Crippen molar-refractivity contribution in [1.29, 1.82) is 0 Å². The zero-order valence-corrected chi connectivity index (χ0v) is 13.1. The van der Waals surface area contributed by atoms with E-state index in [2.05, 4.69) is 0 Å². The van der Waals surface area contributed by atoms with E-state index in [4.69, 9.17) is 4.74 Å². The highest BCUT2D eigenvalue weighted by Gasteiger charge is 2.30. The second-order valence-corrected chi connectivity index (χ2v) is 6.24. The molecule has 1 aliphatic rings. The summed E-state index contributed by atoms with van der Waals surface area (Å²) in [5.74, 6) is -0.456. The maximum atomic E-state index is 13.0. The number of amides is 1. The van der Waals surface area contributed by atoms with Gasteiger partial charge in [-0.15, -0.1) is 0 Å². The van der Waals surface area contributed by atoms with E-state index in [1.54, 1.807) is 39.0 Å². The van der Waals surface area contributed by atoms with E-state index in [1.807, 2.05) is 0 Å². The Labute approximate surface area is 129 Å². The minimum absolute atomic E-state index is 0.110. The molecule has 1 aromatic rings. The minimum Gasteiger partial charge on any atom is -0.443 e. The maximum Gasteiger partial charge on any atom is 0.414 e. The first-order valence-corrected chi connectivity index (χ1v) is 7.27. The highest BCUT2D eigenvalue weighted by atomic mass is 19.1. The predicted octanol–water partition coefficient (Wildman–Crippen LogP) is 3.77. The summed E-state index contributed by atoms with van der Waals surface area (Å²) in [6, 6.07) is 5.77. The Morgan fingerprint density at radius 2 is 1.91 bits per heavy atom. The molecule has 1 heterocycles. The normalized spacial score (nSPS) is 17.7. The van der Waals surface area contributed by atoms with Gasteiger partial charge in [0.05, 0.1) is 5.70 Å². The molecular weight excluding hydrogens is 285 g/mol. The van der Waals surface area contributed by atoms with Crippen molar-refractivity contribution in [2.75, 3.05) is 6.54 Å². The van der Waals surface area contributed by atoms with Crippen molar-refractivity contribution in [2.24, 2.45) is 0 Å². The number of Topliss-reactive ketones (excluding diaryl/α,β-unsaturated/α-hetero) is 1. The number of piperidine rings is 1. The summed E-state index contributed by atoms with van der Waals surface area (Å²) >= 11 is 0. The van der Waals surface area contributed by atoms with Crippen LogP contribution in [0.4, 0.5) is 9.18 Å². The number of carbonyl (C=O) groups excluding carboxylic acids is 2. The molecule has 1 amide bonds. The van der Waals surface area contributed by atoms with Gasteiger partial charge in [-0.2, -0.15) is 0 Å². The molecule has 0 N–H and O–H groups in total. The third kappa shape index (κ3) is 4.16. The molecule has 0 aromatic heterocycles. The Morgan fingerprint density at radius 3 is 2.50 bits per heavy atom. The quantitative estimate of drug-likeness (QED) is 0.742. The number of allylic oxidation sites excluding steroid dienone is 1. The molecule has 0 unspecified atom stereocenters. The summed E-state index contributed by atoms with van der Waals surface area (Å²) in [5, 5.41) is 0. The van der Waals surface area contributed by atoms with Crippen LogP contribution in [0.1, 0.15) is 39.2 Å². The lowest BCUT2D eigenvalue weighted by atomic mass is 10.0. The Balaban J connectivity index is 2.29. The monoisotopic (exact) mass is 305 g/mol. The maximum absolute atomic E-state index is 13.0. The Morgan fingerprint density at radius 1 is 1.27 bits per heavy atom. The van der Waals surface area contributed by atoms with Crippen LogP contribution < -0.4 is 0 Å². The molecule has 1 aliphatic heterocycles. The molecule has 118 valence electrons. The highest BCUT2D eigenvalue weighted by Crippen LogP contribution is 2.23. The average Bonchev–Trinajstić information content (AvgIpc) is 2.41. The number of ether oxygens (including phenoxy) is 1. The molecule has 1 aromatic carbocycles. The van der Waals surface area contributed by atoms with Gasteiger partial charge in [0, 0.05) is 13.0 Å². The van der Waals surface area contributed by atoms with Crippen LogP contribution in [0.5, 0.6) is 0 Å². The van der Waals surface area contributed by atoms with Gasteiger partial charge < -0.3 is 4.74 Å². The van der Waals surface area contributed by atoms with Gasteiger partial charge in [0.1, 0.15) is 11.4 Å². The SMILES string of the molecule is CC(C)(C)OC(=O)N1CCCC(=O)/C1=C/c1ccc(F)cc1. The highest BCUT2D eigenvalue weighted by molar-refractivity contribution is 6.02. The van der Waals surface area contributed by atoms with Crippen LogP contribution in [0.2, 0.25) is 0 Å². The van der Waals surface area contributed by atoms with E-state index in [1.165, 1.54) is 17.0 Å². The molecule has 0 radical (unpaired) electrons. The smallest absolute Gasteiger partial charge is 0.414 e. The van der Waals surface area contributed by atoms with Gasteiger partial charge in [0.15, 0.2) is 5.78 Å². The van der Waals surface area contributed by atoms with Crippen LogP contribution in [0, 0.1) is 5.82 Å². The molecule has 0 saturated carbocycles. The number of carbonyl (C=O) groups is 2. The summed E-state index contributed by atoms with van der Waals surface area (Å²) in [7, 11) is 0. The summed E-state index contributed by atoms with van der Waals surface area (Å²) in [5.41, 5.74) is 0.339. The van der Waals surface area contributed by atoms with Gasteiger partial charge >= 0.3 is 6.09 Å². The molecule has 0 bridgehead atoms. The number of benzene rings is 1. The van der Waals surface area contributed by atoms with Crippen molar-refractivity contribution in [2.45, 2.75) is 39.2 Å². The van der Waals surface area contributed by atoms with E-state index >= 15 is 0 Å². The number of ketones is 1. The van der Waals surface area contributed by atoms with Crippen molar-refractivity contribution in [1.82, 2.24) is 4.90 Å². The second kappa shape index (κ2) is 6.30. The van der Waals surface area contributed by atoms with Crippen LogP contribution in [0.3, 0.4) is 0 Å². The molecular formula is C17H20FNO3. The lowest BCUT2D eigenvalue weighted by Crippen LogP contribution is -2.41. The Bertz CT molecular complexity index is 599. The van der Waals surface area contributed by atoms with Gasteiger partial charge in [-0.1, -0.05) is 12.1 Å².